The van der Waals surface area contributed by atoms with E-state index in [4.69, 9.17) is 0 Å². The van der Waals surface area contributed by atoms with Crippen molar-refractivity contribution in [3.63, 3.8) is 0 Å². The molecule has 3 nitrogen and oxygen atoms in total. The maximum atomic E-state index is 4.50. The van der Waals surface area contributed by atoms with Crippen LogP contribution in [0.2, 0.25) is 0 Å². The largest absolute Gasteiger partial charge is 0.312 e. The Morgan fingerprint density at radius 1 is 1.38 bits per heavy atom. The van der Waals surface area contributed by atoms with Gasteiger partial charge in [-0.3, -0.25) is 4.68 Å². The molecule has 1 heterocycles. The monoisotopic (exact) mass is 291 g/mol. The van der Waals surface area contributed by atoms with E-state index in [9.17, 15) is 0 Å². The molecule has 21 heavy (non-hydrogen) atoms. The van der Waals surface area contributed by atoms with E-state index in [0.29, 0.717) is 11.3 Å². The van der Waals surface area contributed by atoms with E-state index in [-0.39, 0.29) is 5.54 Å². The molecule has 2 unspecified atom stereocenters. The molecule has 1 N–H and O–H groups in total. The van der Waals surface area contributed by atoms with Gasteiger partial charge in [-0.05, 0) is 70.9 Å². The summed E-state index contributed by atoms with van der Waals surface area (Å²) in [5, 5.41) is 8.22. The summed E-state index contributed by atoms with van der Waals surface area (Å²) in [6.07, 6.45) is 5.89. The molecule has 0 radical (unpaired) electrons. The van der Waals surface area contributed by atoms with Crippen LogP contribution in [-0.2, 0) is 6.54 Å². The lowest BCUT2D eigenvalue weighted by atomic mass is 9.66. The Morgan fingerprint density at radius 2 is 2.10 bits per heavy atom. The van der Waals surface area contributed by atoms with Crippen LogP contribution in [0.25, 0.3) is 0 Å². The summed E-state index contributed by atoms with van der Waals surface area (Å²) < 4.78 is 2.19. The molecule has 0 amide bonds. The second-order valence-electron chi connectivity index (χ2n) is 8.48. The van der Waals surface area contributed by atoms with Crippen molar-refractivity contribution in [2.75, 3.05) is 6.54 Å². The summed E-state index contributed by atoms with van der Waals surface area (Å²) in [4.78, 5) is 0. The van der Waals surface area contributed by atoms with Gasteiger partial charge in [-0.15, -0.1) is 0 Å². The predicted molar refractivity (Wildman–Crippen MR) is 89.5 cm³/mol. The van der Waals surface area contributed by atoms with Crippen LogP contribution in [0.5, 0.6) is 0 Å². The molecule has 1 fully saturated rings. The average molecular weight is 291 g/mol. The fourth-order valence-corrected chi connectivity index (χ4v) is 3.59. The second kappa shape index (κ2) is 6.12. The van der Waals surface area contributed by atoms with Crippen LogP contribution in [0.3, 0.4) is 0 Å². The number of hydrogen-bond donors (Lipinski definition) is 1. The molecule has 0 spiro atoms. The number of aromatic nitrogens is 2. The summed E-state index contributed by atoms with van der Waals surface area (Å²) in [5.41, 5.74) is 2.08. The summed E-state index contributed by atoms with van der Waals surface area (Å²) >= 11 is 0. The zero-order chi connectivity index (χ0) is 15.7. The predicted octanol–water partition coefficient (Wildman–Crippen LogP) is 4.20. The van der Waals surface area contributed by atoms with Crippen molar-refractivity contribution in [1.82, 2.24) is 15.1 Å². The van der Waals surface area contributed by atoms with Gasteiger partial charge in [0.15, 0.2) is 0 Å². The van der Waals surface area contributed by atoms with Crippen LogP contribution in [0.1, 0.15) is 72.4 Å². The fourth-order valence-electron chi connectivity index (χ4n) is 3.59. The Hall–Kier alpha value is -0.830. The van der Waals surface area contributed by atoms with Crippen LogP contribution in [0.15, 0.2) is 12.3 Å². The molecule has 1 aliphatic rings. The van der Waals surface area contributed by atoms with Gasteiger partial charge in [0.25, 0.3) is 0 Å². The quantitative estimate of drug-likeness (QED) is 0.901. The first-order valence-corrected chi connectivity index (χ1v) is 8.48. The summed E-state index contributed by atoms with van der Waals surface area (Å²) in [5.74, 6) is 1.35. The Balaban J connectivity index is 2.18. The molecule has 1 saturated carbocycles. The lowest BCUT2D eigenvalue weighted by Gasteiger charge is -2.42. The molecule has 1 aromatic heterocycles. The minimum Gasteiger partial charge on any atom is -0.312 e. The molecule has 1 aliphatic carbocycles. The molecule has 1 aromatic rings. The van der Waals surface area contributed by atoms with Crippen LogP contribution >= 0.6 is 0 Å². The number of rotatable bonds is 4. The van der Waals surface area contributed by atoms with Crippen molar-refractivity contribution in [3.05, 3.63) is 18.0 Å². The maximum Gasteiger partial charge on any atom is 0.0492 e. The molecule has 0 bridgehead atoms. The second-order valence-corrected chi connectivity index (χ2v) is 8.48. The molecular formula is C18H33N3. The minimum absolute atomic E-state index is 0.197. The smallest absolute Gasteiger partial charge is 0.0492 e. The highest BCUT2D eigenvalue weighted by molar-refractivity contribution is 5.12. The van der Waals surface area contributed by atoms with Gasteiger partial charge in [0.2, 0.25) is 0 Å². The molecule has 0 aromatic carbocycles. The Bertz CT molecular complexity index is 453. The van der Waals surface area contributed by atoms with Crippen LogP contribution in [0.4, 0.5) is 0 Å². The normalized spacial score (nSPS) is 26.0. The molecule has 2 rings (SSSR count). The van der Waals surface area contributed by atoms with Gasteiger partial charge < -0.3 is 5.32 Å². The SMILES string of the molecule is CCn1nccc1C1CC(C)(C)CCC1CNC(C)(C)C. The van der Waals surface area contributed by atoms with Crippen LogP contribution in [-0.4, -0.2) is 21.9 Å². The first-order chi connectivity index (χ1) is 9.72. The third-order valence-corrected chi connectivity index (χ3v) is 4.86. The highest BCUT2D eigenvalue weighted by Gasteiger charge is 2.37. The van der Waals surface area contributed by atoms with Crippen molar-refractivity contribution >= 4 is 0 Å². The number of hydrogen-bond acceptors (Lipinski definition) is 2. The fraction of sp³-hybridized carbons (Fsp3) is 0.833. The van der Waals surface area contributed by atoms with Crippen molar-refractivity contribution in [1.29, 1.82) is 0 Å². The average Bonchev–Trinajstić information content (AvgIpc) is 2.83. The van der Waals surface area contributed by atoms with Gasteiger partial charge >= 0.3 is 0 Å². The first kappa shape index (κ1) is 16.5. The molecule has 0 saturated heterocycles. The van der Waals surface area contributed by atoms with Gasteiger partial charge in [-0.25, -0.2) is 0 Å². The number of nitrogens with one attached hydrogen (secondary N) is 1. The molecule has 3 heteroatoms. The van der Waals surface area contributed by atoms with Crippen LogP contribution < -0.4 is 5.32 Å². The van der Waals surface area contributed by atoms with Crippen molar-refractivity contribution in [2.45, 2.75) is 78.8 Å². The Morgan fingerprint density at radius 3 is 2.71 bits per heavy atom. The highest BCUT2D eigenvalue weighted by atomic mass is 15.3. The topological polar surface area (TPSA) is 29.9 Å². The van der Waals surface area contributed by atoms with Gasteiger partial charge in [-0.1, -0.05) is 13.8 Å². The number of aryl methyl sites for hydroxylation is 1. The van der Waals surface area contributed by atoms with E-state index in [0.717, 1.165) is 19.0 Å². The van der Waals surface area contributed by atoms with E-state index >= 15 is 0 Å². The van der Waals surface area contributed by atoms with E-state index < -0.39 is 0 Å². The highest BCUT2D eigenvalue weighted by Crippen LogP contribution is 2.46. The van der Waals surface area contributed by atoms with Gasteiger partial charge in [-0.2, -0.15) is 5.10 Å². The molecular weight excluding hydrogens is 258 g/mol. The summed E-state index contributed by atoms with van der Waals surface area (Å²) in [6.45, 7) is 15.9. The number of nitrogens with zero attached hydrogens (tertiary/aromatic N) is 2. The maximum absolute atomic E-state index is 4.50. The van der Waals surface area contributed by atoms with Crippen molar-refractivity contribution < 1.29 is 0 Å². The lowest BCUT2D eigenvalue weighted by molar-refractivity contribution is 0.149. The zero-order valence-electron chi connectivity index (χ0n) is 14.7. The Labute approximate surface area is 130 Å². The molecule has 2 atom stereocenters. The third-order valence-electron chi connectivity index (χ3n) is 4.86. The van der Waals surface area contributed by atoms with E-state index in [1.54, 1.807) is 0 Å². The summed E-state index contributed by atoms with van der Waals surface area (Å²) in [6, 6.07) is 2.24. The zero-order valence-corrected chi connectivity index (χ0v) is 14.7. The van der Waals surface area contributed by atoms with Gasteiger partial charge in [0.1, 0.15) is 0 Å². The Kier molecular flexibility index (Phi) is 4.82. The minimum atomic E-state index is 0.197. The van der Waals surface area contributed by atoms with E-state index in [1.807, 2.05) is 6.20 Å². The van der Waals surface area contributed by atoms with Crippen molar-refractivity contribution in [3.8, 4) is 0 Å². The van der Waals surface area contributed by atoms with Gasteiger partial charge in [0.05, 0.1) is 0 Å². The van der Waals surface area contributed by atoms with Gasteiger partial charge in [0, 0.05) is 29.9 Å². The molecule has 0 aliphatic heterocycles. The standard InChI is InChI=1S/C18H33N3/c1-7-21-16(9-11-20-21)15-12-18(5,6)10-8-14(15)13-19-17(2,3)4/h9,11,14-15,19H,7-8,10,12-13H2,1-6H3. The molecule has 120 valence electrons. The first-order valence-electron chi connectivity index (χ1n) is 8.48. The van der Waals surface area contributed by atoms with E-state index in [2.05, 4.69) is 62.7 Å². The van der Waals surface area contributed by atoms with Crippen molar-refractivity contribution in [2.24, 2.45) is 11.3 Å². The van der Waals surface area contributed by atoms with Crippen LogP contribution in [0, 0.1) is 11.3 Å². The lowest BCUT2D eigenvalue weighted by Crippen LogP contribution is -2.42. The summed E-state index contributed by atoms with van der Waals surface area (Å²) in [7, 11) is 0. The third kappa shape index (κ3) is 4.32. The van der Waals surface area contributed by atoms with E-state index in [1.165, 1.54) is 25.0 Å².